The molecule has 1 aromatic heterocycles. The maximum atomic E-state index is 3.51. The van der Waals surface area contributed by atoms with E-state index < -0.39 is 0 Å². The van der Waals surface area contributed by atoms with Crippen molar-refractivity contribution >= 4 is 25.0 Å². The van der Waals surface area contributed by atoms with Crippen molar-refractivity contribution < 1.29 is 17.1 Å². The molecule has 1 rings (SSSR count). The van der Waals surface area contributed by atoms with Gasteiger partial charge in [-0.15, -0.1) is 5.10 Å². The van der Waals surface area contributed by atoms with Gasteiger partial charge in [0, 0.05) is 22.4 Å². The first-order valence-electron chi connectivity index (χ1n) is 1.21. The zero-order valence-corrected chi connectivity index (χ0v) is 6.02. The topological polar surface area (TPSA) is 25.8 Å². The molecular weight excluding hydrogens is 180 g/mol. The Morgan fingerprint density at radius 2 is 2.14 bits per heavy atom. The molecule has 1 radical (unpaired) electrons. The van der Waals surface area contributed by atoms with Crippen LogP contribution in [0.4, 0.5) is 0 Å². The fraction of sp³-hybridized carbons (Fsp3) is 0. The van der Waals surface area contributed by atoms with E-state index in [0.29, 0.717) is 0 Å². The molecule has 0 amide bonds. The number of rotatable bonds is 0. The second kappa shape index (κ2) is 6.43. The molecule has 0 aromatic carbocycles. The summed E-state index contributed by atoms with van der Waals surface area (Å²) in [5, 5.41) is 5.31. The van der Waals surface area contributed by atoms with Crippen molar-refractivity contribution in [3.8, 4) is 0 Å². The van der Waals surface area contributed by atoms with Crippen LogP contribution in [-0.4, -0.2) is 9.59 Å². The number of hydrogen-bond donors (Lipinski definition) is 0. The van der Waals surface area contributed by atoms with Crippen LogP contribution in [-0.2, 0) is 17.1 Å². The molecule has 0 aliphatic carbocycles. The maximum absolute atomic E-state index is 3.51. The van der Waals surface area contributed by atoms with E-state index in [1.165, 1.54) is 11.5 Å². The van der Waals surface area contributed by atoms with Gasteiger partial charge in [-0.1, -0.05) is 4.49 Å². The average molecular weight is 184 g/mol. The van der Waals surface area contributed by atoms with Crippen molar-refractivity contribution in [2.75, 3.05) is 0 Å². The third kappa shape index (κ3) is 4.28. The third-order valence-corrected chi connectivity index (χ3v) is 0.715. The van der Waals surface area contributed by atoms with Crippen molar-refractivity contribution in [2.45, 2.75) is 0 Å². The molecule has 0 bridgehead atoms. The van der Waals surface area contributed by atoms with E-state index in [9.17, 15) is 0 Å². The molecule has 1 aromatic rings. The van der Waals surface area contributed by atoms with Gasteiger partial charge in [0.25, 0.3) is 0 Å². The van der Waals surface area contributed by atoms with Crippen LogP contribution in [0, 0.1) is 0 Å². The summed E-state index contributed by atoms with van der Waals surface area (Å²) in [6.45, 7) is 0. The van der Waals surface area contributed by atoms with Crippen molar-refractivity contribution in [3.05, 3.63) is 11.6 Å². The zero-order valence-electron chi connectivity index (χ0n) is 3.26. The molecular formula is C2H4CuN2S2. The molecule has 7 heavy (non-hydrogen) atoms. The van der Waals surface area contributed by atoms with Crippen LogP contribution in [0.15, 0.2) is 11.6 Å². The first kappa shape index (κ1) is 10.4. The van der Waals surface area contributed by atoms with Crippen LogP contribution in [0.1, 0.15) is 0 Å². The Morgan fingerprint density at radius 3 is 2.29 bits per heavy atom. The number of hydrogen-bond acceptors (Lipinski definition) is 3. The van der Waals surface area contributed by atoms with Gasteiger partial charge in [0.15, 0.2) is 0 Å². The normalized spacial score (nSPS) is 5.71. The minimum atomic E-state index is 0. The fourth-order valence-electron chi connectivity index (χ4n) is 0.136. The smallest absolute Gasteiger partial charge is 0.0620 e. The van der Waals surface area contributed by atoms with Crippen molar-refractivity contribution in [1.29, 1.82) is 0 Å². The summed E-state index contributed by atoms with van der Waals surface area (Å²) >= 11 is 1.35. The number of nitrogens with zero attached hydrogens (tertiary/aromatic N) is 2. The summed E-state index contributed by atoms with van der Waals surface area (Å²) in [5.41, 5.74) is 0. The molecule has 2 nitrogen and oxygen atoms in total. The summed E-state index contributed by atoms with van der Waals surface area (Å²) in [5.74, 6) is 0. The molecule has 0 aliphatic heterocycles. The Labute approximate surface area is 63.4 Å². The molecule has 5 heteroatoms. The van der Waals surface area contributed by atoms with Crippen molar-refractivity contribution in [2.24, 2.45) is 0 Å². The summed E-state index contributed by atoms with van der Waals surface area (Å²) in [6, 6.07) is 0. The van der Waals surface area contributed by atoms with E-state index in [0.717, 1.165) is 0 Å². The van der Waals surface area contributed by atoms with E-state index >= 15 is 0 Å². The van der Waals surface area contributed by atoms with Crippen LogP contribution in [0.25, 0.3) is 0 Å². The Balaban J connectivity index is 0. The molecule has 0 atom stereocenters. The van der Waals surface area contributed by atoms with Gasteiger partial charge in [-0.3, -0.25) is 0 Å². The molecule has 0 fully saturated rings. The SMILES string of the molecule is S.[Cu].c1csnn1. The molecule has 0 unspecified atom stereocenters. The van der Waals surface area contributed by atoms with E-state index in [1.54, 1.807) is 6.20 Å². The van der Waals surface area contributed by atoms with E-state index in [4.69, 9.17) is 0 Å². The largest absolute Gasteiger partial charge is 0.197 e. The summed E-state index contributed by atoms with van der Waals surface area (Å²) in [7, 11) is 0. The van der Waals surface area contributed by atoms with Crippen LogP contribution < -0.4 is 0 Å². The standard InChI is InChI=1S/C2H2N2S.Cu.H2S/c1-2-5-4-3-1;;/h1-2H;;1H2. The first-order chi connectivity index (χ1) is 2.50. The zero-order chi connectivity index (χ0) is 3.54. The van der Waals surface area contributed by atoms with Gasteiger partial charge in [-0.2, -0.15) is 13.5 Å². The molecule has 0 aliphatic rings. The Hall–Kier alpha value is 0.429. The van der Waals surface area contributed by atoms with Crippen molar-refractivity contribution in [1.82, 2.24) is 9.59 Å². The molecule has 1 heterocycles. The molecule has 0 saturated carbocycles. The van der Waals surface area contributed by atoms with Gasteiger partial charge in [0.2, 0.25) is 0 Å². The quantitative estimate of drug-likeness (QED) is 0.552. The Kier molecular flexibility index (Phi) is 9.57. The molecule has 0 spiro atoms. The van der Waals surface area contributed by atoms with Gasteiger partial charge in [0.1, 0.15) is 0 Å². The van der Waals surface area contributed by atoms with E-state index in [2.05, 4.69) is 9.59 Å². The second-order valence-corrected chi connectivity index (χ2v) is 1.23. The van der Waals surface area contributed by atoms with Crippen molar-refractivity contribution in [3.63, 3.8) is 0 Å². The molecule has 45 valence electrons. The summed E-state index contributed by atoms with van der Waals surface area (Å²) < 4.78 is 3.51. The van der Waals surface area contributed by atoms with Crippen LogP contribution >= 0.6 is 25.0 Å². The van der Waals surface area contributed by atoms with Gasteiger partial charge in [-0.05, 0) is 11.5 Å². The minimum absolute atomic E-state index is 0. The van der Waals surface area contributed by atoms with Gasteiger partial charge < -0.3 is 0 Å². The maximum Gasteiger partial charge on any atom is 0.0620 e. The monoisotopic (exact) mass is 183 g/mol. The fourth-order valence-corrected chi connectivity index (χ4v) is 0.408. The van der Waals surface area contributed by atoms with Crippen LogP contribution in [0.2, 0.25) is 0 Å². The first-order valence-corrected chi connectivity index (χ1v) is 2.05. The van der Waals surface area contributed by atoms with Crippen LogP contribution in [0.5, 0.6) is 0 Å². The summed E-state index contributed by atoms with van der Waals surface area (Å²) in [4.78, 5) is 0. The van der Waals surface area contributed by atoms with Gasteiger partial charge >= 0.3 is 0 Å². The Bertz CT molecular complexity index is 70.2. The summed E-state index contributed by atoms with van der Waals surface area (Å²) in [6.07, 6.45) is 1.66. The second-order valence-electron chi connectivity index (χ2n) is 0.588. The predicted octanol–water partition coefficient (Wildman–Crippen LogP) is 0.648. The van der Waals surface area contributed by atoms with Crippen LogP contribution in [0.3, 0.4) is 0 Å². The average Bonchev–Trinajstić information content (AvgIpc) is 1.76. The molecule has 0 saturated heterocycles. The van der Waals surface area contributed by atoms with Gasteiger partial charge in [0.05, 0.1) is 6.20 Å². The van der Waals surface area contributed by atoms with E-state index in [-0.39, 0.29) is 30.6 Å². The molecule has 0 N–H and O–H groups in total. The predicted molar refractivity (Wildman–Crippen MR) is 30.3 cm³/mol. The van der Waals surface area contributed by atoms with Gasteiger partial charge in [-0.25, -0.2) is 0 Å². The number of aromatic nitrogens is 2. The third-order valence-electron chi connectivity index (χ3n) is 0.283. The Morgan fingerprint density at radius 1 is 1.43 bits per heavy atom. The minimum Gasteiger partial charge on any atom is -0.197 e. The van der Waals surface area contributed by atoms with E-state index in [1.807, 2.05) is 5.38 Å².